The second kappa shape index (κ2) is 10.9. The molecule has 0 bridgehead atoms. The van der Waals surface area contributed by atoms with Crippen LogP contribution in [0.15, 0.2) is 42.5 Å². The second-order valence-corrected chi connectivity index (χ2v) is 6.26. The Kier molecular flexibility index (Phi) is 8.85. The molecule has 0 aliphatic rings. The first kappa shape index (κ1) is 22.0. The van der Waals surface area contributed by atoms with Crippen LogP contribution in [0.2, 0.25) is 0 Å². The zero-order valence-electron chi connectivity index (χ0n) is 17.0. The van der Waals surface area contributed by atoms with E-state index >= 15 is 0 Å². The summed E-state index contributed by atoms with van der Waals surface area (Å²) in [6, 6.07) is 12.3. The first-order chi connectivity index (χ1) is 12.7. The minimum absolute atomic E-state index is 0. The Hall–Kier alpha value is -1.31. The van der Waals surface area contributed by atoms with E-state index in [1.807, 2.05) is 56.3 Å². The van der Waals surface area contributed by atoms with E-state index in [0.29, 0.717) is 0 Å². The molecule has 136 valence electrons. The number of hydrogen-bond donors (Lipinski definition) is 2. The molecule has 0 heterocycles. The van der Waals surface area contributed by atoms with Gasteiger partial charge in [-0.05, 0) is 41.7 Å². The zero-order valence-corrected chi connectivity index (χ0v) is 19.1. The number of aryl methyl sites for hydroxylation is 2. The third kappa shape index (κ3) is 6.36. The minimum atomic E-state index is -2.14. The number of amides is 1. The van der Waals surface area contributed by atoms with Gasteiger partial charge in [0.05, 0.1) is 0 Å². The summed E-state index contributed by atoms with van der Waals surface area (Å²) < 4.78 is 7.53. The monoisotopic (exact) mass is 392 g/mol. The molecule has 1 amide bonds. The molecule has 6 heteroatoms. The van der Waals surface area contributed by atoms with Crippen LogP contribution in [0.4, 0.5) is 0 Å². The fourth-order valence-electron chi connectivity index (χ4n) is 2.83. The molecular weight excluding hydrogens is 369 g/mol. The van der Waals surface area contributed by atoms with Crippen molar-refractivity contribution in [1.82, 2.24) is 5.32 Å². The van der Waals surface area contributed by atoms with Crippen LogP contribution < -0.4 is 56.7 Å². The third-order valence-corrected chi connectivity index (χ3v) is 4.26. The molecule has 0 saturated heterocycles. The number of benzene rings is 2. The summed E-state index contributed by atoms with van der Waals surface area (Å²) in [5, 5.41) is 11.6. The molecule has 0 radical (unpaired) electrons. The first-order valence-corrected chi connectivity index (χ1v) is 8.24. The molecule has 2 aromatic carbocycles. The Bertz CT molecular complexity index is 845. The third-order valence-electron chi connectivity index (χ3n) is 4.26. The SMILES string of the molecule is [2H]C(C)([C-]=O)C(=O)N[C@@H](Cc1ccc(-c2c(C)cccc2C)cc1)C(=O)O.[K+]. The van der Waals surface area contributed by atoms with Gasteiger partial charge in [0.25, 0.3) is 0 Å². The molecular formula is C21H22KNO4. The molecule has 27 heavy (non-hydrogen) atoms. The molecule has 0 aliphatic heterocycles. The van der Waals surface area contributed by atoms with E-state index < -0.39 is 23.8 Å². The maximum atomic E-state index is 11.9. The van der Waals surface area contributed by atoms with Crippen LogP contribution in [0.3, 0.4) is 0 Å². The van der Waals surface area contributed by atoms with Gasteiger partial charge in [-0.25, -0.2) is 4.79 Å². The van der Waals surface area contributed by atoms with E-state index in [2.05, 4.69) is 5.32 Å². The Morgan fingerprint density at radius 1 is 1.15 bits per heavy atom. The van der Waals surface area contributed by atoms with Gasteiger partial charge in [-0.2, -0.15) is 0 Å². The average molecular weight is 393 g/mol. The largest absolute Gasteiger partial charge is 1.00 e. The molecule has 0 saturated carbocycles. The quantitative estimate of drug-likeness (QED) is 0.389. The molecule has 5 nitrogen and oxygen atoms in total. The van der Waals surface area contributed by atoms with Crippen LogP contribution in [0.5, 0.6) is 0 Å². The number of nitrogens with one attached hydrogen (secondary N) is 1. The van der Waals surface area contributed by atoms with E-state index in [0.717, 1.165) is 34.7 Å². The number of carbonyl (C=O) groups is 2. The molecule has 0 fully saturated rings. The fraction of sp³-hybridized carbons (Fsp3) is 0.286. The van der Waals surface area contributed by atoms with Crippen molar-refractivity contribution >= 4 is 18.2 Å². The van der Waals surface area contributed by atoms with Gasteiger partial charge in [0.2, 0.25) is 0 Å². The van der Waals surface area contributed by atoms with Crippen LogP contribution in [-0.4, -0.2) is 29.3 Å². The minimum Gasteiger partial charge on any atom is -0.541 e. The number of hydrogen-bond acceptors (Lipinski definition) is 3. The molecule has 0 aromatic heterocycles. The van der Waals surface area contributed by atoms with Gasteiger partial charge in [0.1, 0.15) is 6.04 Å². The first-order valence-electron chi connectivity index (χ1n) is 8.74. The Balaban J connectivity index is 0.00000392. The van der Waals surface area contributed by atoms with Crippen molar-refractivity contribution in [3.63, 3.8) is 0 Å². The van der Waals surface area contributed by atoms with Gasteiger partial charge in [-0.3, -0.25) is 11.1 Å². The molecule has 2 aromatic rings. The van der Waals surface area contributed by atoms with Gasteiger partial charge in [0.15, 0.2) is 5.91 Å². The molecule has 0 spiro atoms. The normalized spacial score (nSPS) is 14.1. The summed E-state index contributed by atoms with van der Waals surface area (Å²) in [6.07, 6.45) is 1.34. The van der Waals surface area contributed by atoms with Crippen molar-refractivity contribution in [3.05, 3.63) is 59.2 Å². The van der Waals surface area contributed by atoms with E-state index in [9.17, 15) is 19.5 Å². The number of carboxylic acid groups (broad SMARTS) is 1. The van der Waals surface area contributed by atoms with Crippen molar-refractivity contribution in [1.29, 1.82) is 0 Å². The average Bonchev–Trinajstić information content (AvgIpc) is 2.62. The van der Waals surface area contributed by atoms with Crippen LogP contribution >= 0.6 is 0 Å². The number of aliphatic carboxylic acids is 1. The Labute approximate surface area is 203 Å². The zero-order chi connectivity index (χ0) is 20.2. The Morgan fingerprint density at radius 2 is 1.70 bits per heavy atom. The summed E-state index contributed by atoms with van der Waals surface area (Å²) in [5.41, 5.74) is 5.19. The summed E-state index contributed by atoms with van der Waals surface area (Å²) in [4.78, 5) is 34.0. The number of rotatable bonds is 7. The molecule has 1 unspecified atom stereocenters. The van der Waals surface area contributed by atoms with E-state index in [-0.39, 0.29) is 57.8 Å². The summed E-state index contributed by atoms with van der Waals surface area (Å²) in [5.74, 6) is -4.36. The van der Waals surface area contributed by atoms with Crippen molar-refractivity contribution < 1.29 is 72.2 Å². The van der Waals surface area contributed by atoms with E-state index in [1.54, 1.807) is 0 Å². The van der Waals surface area contributed by atoms with Crippen molar-refractivity contribution in [2.45, 2.75) is 33.2 Å². The number of carboxylic acids is 1. The van der Waals surface area contributed by atoms with Gasteiger partial charge in [0, 0.05) is 7.79 Å². The van der Waals surface area contributed by atoms with Crippen molar-refractivity contribution in [2.75, 3.05) is 0 Å². The summed E-state index contributed by atoms with van der Waals surface area (Å²) >= 11 is 0. The van der Waals surface area contributed by atoms with Crippen LogP contribution in [0.1, 0.15) is 25.0 Å². The van der Waals surface area contributed by atoms with E-state index in [4.69, 9.17) is 1.37 Å². The Morgan fingerprint density at radius 3 is 2.19 bits per heavy atom. The maximum Gasteiger partial charge on any atom is 1.00 e. The fourth-order valence-corrected chi connectivity index (χ4v) is 2.83. The van der Waals surface area contributed by atoms with Gasteiger partial charge in [-0.15, -0.1) is 0 Å². The van der Waals surface area contributed by atoms with Gasteiger partial charge >= 0.3 is 57.4 Å². The standard InChI is InChI=1S/C21H22NO4.K/c1-13-5-4-6-14(2)19(13)17-9-7-16(8-10-17)11-18(21(25)26)22-20(24)15(3)12-23;/h4-10,15,18H,11H2,1-3H3,(H,22,24)(H,25,26);/q-1;+1/t15?,18-;/m0./s1/i15D;. The van der Waals surface area contributed by atoms with Crippen LogP contribution in [0.25, 0.3) is 11.1 Å². The van der Waals surface area contributed by atoms with Gasteiger partial charge in [-0.1, -0.05) is 55.3 Å². The molecule has 2 rings (SSSR count). The molecule has 0 aliphatic carbocycles. The summed E-state index contributed by atoms with van der Waals surface area (Å²) in [6.45, 7) is 5.13. The van der Waals surface area contributed by atoms with Crippen molar-refractivity contribution in [3.8, 4) is 11.1 Å². The summed E-state index contributed by atoms with van der Waals surface area (Å²) in [7, 11) is 0. The molecule has 2 atom stereocenters. The topological polar surface area (TPSA) is 83.5 Å². The van der Waals surface area contributed by atoms with Crippen LogP contribution in [0, 0.1) is 19.7 Å². The van der Waals surface area contributed by atoms with Gasteiger partial charge < -0.3 is 15.2 Å². The predicted octanol–water partition coefficient (Wildman–Crippen LogP) is -0.168. The maximum absolute atomic E-state index is 11.9. The number of carbonyl (C=O) groups excluding carboxylic acids is 2. The van der Waals surface area contributed by atoms with E-state index in [1.165, 1.54) is 6.29 Å². The molecule has 2 N–H and O–H groups in total. The second-order valence-electron chi connectivity index (χ2n) is 6.26. The smallest absolute Gasteiger partial charge is 0.541 e. The van der Waals surface area contributed by atoms with Crippen molar-refractivity contribution in [2.24, 2.45) is 5.89 Å². The predicted molar refractivity (Wildman–Crippen MR) is 99.5 cm³/mol. The van der Waals surface area contributed by atoms with Crippen LogP contribution in [-0.2, 0) is 20.8 Å².